The molecule has 2 heterocycles. The molecule has 0 saturated carbocycles. The first-order valence-corrected chi connectivity index (χ1v) is 9.01. The Hall–Kier alpha value is -3.26. The first kappa shape index (κ1) is 18.5. The highest BCUT2D eigenvalue weighted by Gasteiger charge is 2.16. The molecule has 0 saturated heterocycles. The van der Waals surface area contributed by atoms with Crippen LogP contribution in [0.15, 0.2) is 56.7 Å². The fourth-order valence-corrected chi connectivity index (χ4v) is 2.97. The van der Waals surface area contributed by atoms with Gasteiger partial charge >= 0.3 is 5.63 Å². The van der Waals surface area contributed by atoms with Gasteiger partial charge in [-0.2, -0.15) is 0 Å². The van der Waals surface area contributed by atoms with Crippen LogP contribution in [0, 0.1) is 6.92 Å². The van der Waals surface area contributed by atoms with Gasteiger partial charge in [0.15, 0.2) is 0 Å². The fourth-order valence-electron chi connectivity index (χ4n) is 2.42. The van der Waals surface area contributed by atoms with E-state index in [9.17, 15) is 14.4 Å². The minimum absolute atomic E-state index is 0.177. The van der Waals surface area contributed by atoms with Crippen LogP contribution in [0.25, 0.3) is 0 Å². The second kappa shape index (κ2) is 7.96. The normalized spacial score (nSPS) is 10.4. The van der Waals surface area contributed by atoms with Gasteiger partial charge < -0.3 is 14.6 Å². The van der Waals surface area contributed by atoms with Gasteiger partial charge in [0.25, 0.3) is 11.8 Å². The van der Waals surface area contributed by atoms with E-state index in [0.29, 0.717) is 17.8 Å². The Morgan fingerprint density at radius 2 is 2.00 bits per heavy atom. The molecule has 3 aromatic rings. The Morgan fingerprint density at radius 3 is 2.67 bits per heavy atom. The molecule has 0 atom stereocenters. The van der Waals surface area contributed by atoms with Gasteiger partial charge in [-0.3, -0.25) is 9.59 Å². The third-order valence-corrected chi connectivity index (χ3v) is 4.56. The summed E-state index contributed by atoms with van der Waals surface area (Å²) in [6.45, 7) is 2.23. The molecule has 27 heavy (non-hydrogen) atoms. The van der Waals surface area contributed by atoms with Gasteiger partial charge in [-0.05, 0) is 30.7 Å². The lowest BCUT2D eigenvalue weighted by molar-refractivity contribution is 0.0783. The van der Waals surface area contributed by atoms with Gasteiger partial charge in [-0.1, -0.05) is 6.07 Å². The van der Waals surface area contributed by atoms with E-state index in [1.807, 2.05) is 12.3 Å². The zero-order valence-corrected chi connectivity index (χ0v) is 15.6. The van der Waals surface area contributed by atoms with Gasteiger partial charge in [-0.25, -0.2) is 9.78 Å². The maximum atomic E-state index is 12.7. The van der Waals surface area contributed by atoms with Crippen LogP contribution in [0.4, 0.5) is 5.69 Å². The summed E-state index contributed by atoms with van der Waals surface area (Å²) in [5.74, 6) is -0.605. The second-order valence-corrected chi connectivity index (χ2v) is 6.69. The minimum Gasteiger partial charge on any atom is -0.430 e. The molecule has 8 heteroatoms. The van der Waals surface area contributed by atoms with E-state index in [0.717, 1.165) is 17.5 Å². The number of nitrogens with one attached hydrogen (secondary N) is 1. The summed E-state index contributed by atoms with van der Waals surface area (Å²) in [6, 6.07) is 7.67. The van der Waals surface area contributed by atoms with Gasteiger partial charge in [0.2, 0.25) is 0 Å². The van der Waals surface area contributed by atoms with Crippen molar-refractivity contribution in [1.82, 2.24) is 9.88 Å². The first-order chi connectivity index (χ1) is 12.9. The van der Waals surface area contributed by atoms with Gasteiger partial charge in [-0.15, -0.1) is 11.3 Å². The molecule has 1 aromatic carbocycles. The van der Waals surface area contributed by atoms with Crippen LogP contribution < -0.4 is 10.9 Å². The summed E-state index contributed by atoms with van der Waals surface area (Å²) in [5.41, 5.74) is 4.00. The highest BCUT2D eigenvalue weighted by molar-refractivity contribution is 7.07. The minimum atomic E-state index is -0.529. The summed E-state index contributed by atoms with van der Waals surface area (Å²) in [6.07, 6.45) is 1.10. The highest BCUT2D eigenvalue weighted by atomic mass is 32.1. The van der Waals surface area contributed by atoms with Crippen molar-refractivity contribution in [2.75, 3.05) is 12.4 Å². The molecule has 0 fully saturated rings. The maximum Gasteiger partial charge on any atom is 0.335 e. The van der Waals surface area contributed by atoms with Crippen LogP contribution in [0.3, 0.4) is 0 Å². The van der Waals surface area contributed by atoms with E-state index in [1.165, 1.54) is 23.5 Å². The maximum absolute atomic E-state index is 12.7. The standard InChI is InChI=1S/C19H17N3O4S/c1-12-3-4-13(19(25)22(2)8-15-10-27-11-20-15)7-16(12)21-18(24)14-5-6-17(23)26-9-14/h3-7,9-11H,8H2,1-2H3,(H,21,24). The van der Waals surface area contributed by atoms with E-state index < -0.39 is 11.5 Å². The van der Waals surface area contributed by atoms with Crippen LogP contribution >= 0.6 is 11.3 Å². The second-order valence-electron chi connectivity index (χ2n) is 5.97. The van der Waals surface area contributed by atoms with E-state index in [1.54, 1.807) is 35.7 Å². The summed E-state index contributed by atoms with van der Waals surface area (Å²) in [4.78, 5) is 41.8. The number of hydrogen-bond acceptors (Lipinski definition) is 6. The van der Waals surface area contributed by atoms with Crippen LogP contribution in [0.1, 0.15) is 32.0 Å². The number of carbonyl (C=O) groups is 2. The number of amides is 2. The third-order valence-electron chi connectivity index (χ3n) is 3.93. The van der Waals surface area contributed by atoms with Gasteiger partial charge in [0.05, 0.1) is 23.3 Å². The molecule has 0 aliphatic carbocycles. The summed E-state index contributed by atoms with van der Waals surface area (Å²) in [7, 11) is 1.70. The molecule has 0 unspecified atom stereocenters. The van der Waals surface area contributed by atoms with Crippen LogP contribution in [-0.4, -0.2) is 28.7 Å². The van der Waals surface area contributed by atoms with Crippen LogP contribution in [-0.2, 0) is 6.54 Å². The first-order valence-electron chi connectivity index (χ1n) is 8.07. The van der Waals surface area contributed by atoms with Gasteiger partial charge in [0, 0.05) is 29.7 Å². The number of carbonyl (C=O) groups excluding carboxylic acids is 2. The van der Waals surface area contributed by atoms with Crippen molar-refractivity contribution in [3.63, 3.8) is 0 Å². The summed E-state index contributed by atoms with van der Waals surface area (Å²) < 4.78 is 4.71. The molecule has 138 valence electrons. The average molecular weight is 383 g/mol. The predicted octanol–water partition coefficient (Wildman–Crippen LogP) is 2.93. The number of rotatable bonds is 5. The van der Waals surface area contributed by atoms with Crippen molar-refractivity contribution in [2.45, 2.75) is 13.5 Å². The van der Waals surface area contributed by atoms with Crippen molar-refractivity contribution >= 4 is 28.8 Å². The van der Waals surface area contributed by atoms with Crippen molar-refractivity contribution < 1.29 is 14.0 Å². The molecule has 0 bridgehead atoms. The Labute approximate surface area is 159 Å². The fraction of sp³-hybridized carbons (Fsp3) is 0.158. The monoisotopic (exact) mass is 383 g/mol. The number of aryl methyl sites for hydroxylation is 1. The molecule has 7 nitrogen and oxygen atoms in total. The number of thiazole rings is 1. The lowest BCUT2D eigenvalue weighted by Gasteiger charge is -2.17. The number of anilines is 1. The van der Waals surface area contributed by atoms with Crippen molar-refractivity contribution in [2.24, 2.45) is 0 Å². The molecule has 1 N–H and O–H groups in total. The van der Waals surface area contributed by atoms with Crippen molar-refractivity contribution in [3.8, 4) is 0 Å². The SMILES string of the molecule is Cc1ccc(C(=O)N(C)Cc2cscn2)cc1NC(=O)c1ccc(=O)oc1. The molecule has 2 amide bonds. The molecular formula is C19H17N3O4S. The van der Waals surface area contributed by atoms with E-state index in [-0.39, 0.29) is 11.5 Å². The van der Waals surface area contributed by atoms with Crippen molar-refractivity contribution in [3.05, 3.63) is 80.3 Å². The summed E-state index contributed by atoms with van der Waals surface area (Å²) >= 11 is 1.48. The molecule has 0 spiro atoms. The smallest absolute Gasteiger partial charge is 0.335 e. The van der Waals surface area contributed by atoms with Crippen LogP contribution in [0.5, 0.6) is 0 Å². The van der Waals surface area contributed by atoms with Crippen molar-refractivity contribution in [1.29, 1.82) is 0 Å². The molecule has 0 aliphatic rings. The lowest BCUT2D eigenvalue weighted by Crippen LogP contribution is -2.26. The Morgan fingerprint density at radius 1 is 1.22 bits per heavy atom. The van der Waals surface area contributed by atoms with E-state index in [2.05, 4.69) is 10.3 Å². The number of benzene rings is 1. The number of hydrogen-bond donors (Lipinski definition) is 1. The average Bonchev–Trinajstić information content (AvgIpc) is 3.16. The molecule has 0 aliphatic heterocycles. The van der Waals surface area contributed by atoms with Gasteiger partial charge in [0.1, 0.15) is 6.26 Å². The number of aromatic nitrogens is 1. The van der Waals surface area contributed by atoms with Crippen LogP contribution in [0.2, 0.25) is 0 Å². The number of nitrogens with zero attached hydrogens (tertiary/aromatic N) is 2. The zero-order chi connectivity index (χ0) is 19.4. The quantitative estimate of drug-likeness (QED) is 0.731. The Kier molecular flexibility index (Phi) is 5.46. The topological polar surface area (TPSA) is 92.5 Å². The van der Waals surface area contributed by atoms with E-state index >= 15 is 0 Å². The third kappa shape index (κ3) is 4.48. The molecule has 0 radical (unpaired) electrons. The Balaban J connectivity index is 1.77. The molecule has 2 aromatic heterocycles. The lowest BCUT2D eigenvalue weighted by atomic mass is 10.1. The zero-order valence-electron chi connectivity index (χ0n) is 14.8. The highest BCUT2D eigenvalue weighted by Crippen LogP contribution is 2.19. The molecule has 3 rings (SSSR count). The predicted molar refractivity (Wildman–Crippen MR) is 102 cm³/mol. The summed E-state index contributed by atoms with van der Waals surface area (Å²) in [5, 5.41) is 4.63. The largest absolute Gasteiger partial charge is 0.430 e. The Bertz CT molecular complexity index is 1010. The van der Waals surface area contributed by atoms with E-state index in [4.69, 9.17) is 4.42 Å². The molecular weight excluding hydrogens is 366 g/mol.